The quantitative estimate of drug-likeness (QED) is 0.630. The van der Waals surface area contributed by atoms with Crippen LogP contribution in [0, 0.1) is 0 Å². The molecule has 0 bridgehead atoms. The van der Waals surface area contributed by atoms with Gasteiger partial charge in [0.15, 0.2) is 0 Å². The van der Waals surface area contributed by atoms with E-state index in [-0.39, 0.29) is 0 Å². The maximum atomic E-state index is 12.5. The predicted octanol–water partition coefficient (Wildman–Crippen LogP) is 3.42. The van der Waals surface area contributed by atoms with Gasteiger partial charge >= 0.3 is 6.03 Å². The van der Waals surface area contributed by atoms with Crippen LogP contribution in [0.2, 0.25) is 0 Å². The van der Waals surface area contributed by atoms with E-state index in [1.165, 1.54) is 11.3 Å². The lowest BCUT2D eigenvalue weighted by molar-refractivity contribution is 0.1000. The fourth-order valence-corrected chi connectivity index (χ4v) is 4.78. The number of hydrogen-bond donors (Lipinski definition) is 3. The number of aromatic nitrogens is 1. The van der Waals surface area contributed by atoms with Gasteiger partial charge in [-0.15, -0.1) is 11.3 Å². The maximum absolute atomic E-state index is 12.5. The summed E-state index contributed by atoms with van der Waals surface area (Å²) in [6.07, 6.45) is 2.49. The number of likely N-dealkylation sites (N-methyl/N-ethyl adjacent to an activating group) is 1. The fraction of sp³-hybridized carbons (Fsp3) is 0.250. The van der Waals surface area contributed by atoms with Crippen molar-refractivity contribution >= 4 is 44.9 Å². The van der Waals surface area contributed by atoms with Crippen molar-refractivity contribution in [3.63, 3.8) is 0 Å². The van der Waals surface area contributed by atoms with E-state index in [4.69, 9.17) is 5.73 Å². The number of primary amides is 1. The molecule has 4 N–H and O–H groups in total. The van der Waals surface area contributed by atoms with Crippen LogP contribution in [0.1, 0.15) is 27.7 Å². The first kappa shape index (κ1) is 18.4. The first-order valence-corrected chi connectivity index (χ1v) is 9.96. The molecular formula is C20H21N5O2S. The van der Waals surface area contributed by atoms with Crippen LogP contribution in [-0.4, -0.2) is 34.9 Å². The standard InChI is InChI=1S/C20H21N5O2S/c1-2-25-9-7-14-16(11-25)28-19(17(14)18(21)26)24-20(27)23-13-5-6-15-12(10-13)4-3-8-22-15/h3-6,8,10H,2,7,9,11H2,1H3,(H2,21,26)(H2,23,24,27). The van der Waals surface area contributed by atoms with Gasteiger partial charge in [-0.25, -0.2) is 4.79 Å². The second-order valence-corrected chi connectivity index (χ2v) is 7.79. The second-order valence-electron chi connectivity index (χ2n) is 6.68. The molecule has 0 spiro atoms. The van der Waals surface area contributed by atoms with Crippen LogP contribution in [0.25, 0.3) is 10.9 Å². The minimum Gasteiger partial charge on any atom is -0.365 e. The van der Waals surface area contributed by atoms with Crippen molar-refractivity contribution in [2.24, 2.45) is 5.73 Å². The van der Waals surface area contributed by atoms with Gasteiger partial charge in [0.25, 0.3) is 5.91 Å². The van der Waals surface area contributed by atoms with Crippen molar-refractivity contribution in [2.45, 2.75) is 19.9 Å². The third-order valence-corrected chi connectivity index (χ3v) is 6.05. The number of carbonyl (C=O) groups is 2. The minimum absolute atomic E-state index is 0.406. The zero-order chi connectivity index (χ0) is 19.7. The van der Waals surface area contributed by atoms with E-state index >= 15 is 0 Å². The third-order valence-electron chi connectivity index (χ3n) is 4.92. The molecule has 7 nitrogen and oxygen atoms in total. The van der Waals surface area contributed by atoms with Crippen LogP contribution in [-0.2, 0) is 13.0 Å². The summed E-state index contributed by atoms with van der Waals surface area (Å²) in [5.74, 6) is -0.505. The van der Waals surface area contributed by atoms with Crippen molar-refractivity contribution in [3.05, 3.63) is 52.5 Å². The molecule has 3 heterocycles. The van der Waals surface area contributed by atoms with Gasteiger partial charge in [0, 0.05) is 35.2 Å². The van der Waals surface area contributed by atoms with Crippen LogP contribution in [0.3, 0.4) is 0 Å². The van der Waals surface area contributed by atoms with Gasteiger partial charge in [0.1, 0.15) is 5.00 Å². The fourth-order valence-electron chi connectivity index (χ4n) is 3.49. The molecule has 4 rings (SSSR count). The molecule has 2 aromatic heterocycles. The number of anilines is 2. The van der Waals surface area contributed by atoms with E-state index in [0.717, 1.165) is 47.4 Å². The normalized spacial score (nSPS) is 13.9. The minimum atomic E-state index is -0.505. The van der Waals surface area contributed by atoms with Crippen LogP contribution in [0.5, 0.6) is 0 Å². The molecule has 0 atom stereocenters. The number of nitrogens with two attached hydrogens (primary N) is 1. The summed E-state index contributed by atoms with van der Waals surface area (Å²) in [5, 5.41) is 7.07. The Balaban J connectivity index is 1.55. The van der Waals surface area contributed by atoms with Crippen LogP contribution >= 0.6 is 11.3 Å². The molecule has 1 aromatic carbocycles. The number of hydrogen-bond acceptors (Lipinski definition) is 5. The highest BCUT2D eigenvalue weighted by Gasteiger charge is 2.27. The van der Waals surface area contributed by atoms with Crippen molar-refractivity contribution in [1.82, 2.24) is 9.88 Å². The first-order valence-electron chi connectivity index (χ1n) is 9.14. The molecule has 0 unspecified atom stereocenters. The summed E-state index contributed by atoms with van der Waals surface area (Å²) < 4.78 is 0. The van der Waals surface area contributed by atoms with E-state index in [0.29, 0.717) is 16.3 Å². The Hall–Kier alpha value is -2.97. The highest BCUT2D eigenvalue weighted by Crippen LogP contribution is 2.37. The first-order chi connectivity index (χ1) is 13.5. The lowest BCUT2D eigenvalue weighted by Gasteiger charge is -2.25. The van der Waals surface area contributed by atoms with Gasteiger partial charge in [-0.2, -0.15) is 0 Å². The lowest BCUT2D eigenvalue weighted by Crippen LogP contribution is -2.30. The third kappa shape index (κ3) is 3.56. The summed E-state index contributed by atoms with van der Waals surface area (Å²) >= 11 is 1.43. The second kappa shape index (κ2) is 7.57. The Labute approximate surface area is 166 Å². The highest BCUT2D eigenvalue weighted by molar-refractivity contribution is 7.17. The van der Waals surface area contributed by atoms with Crippen molar-refractivity contribution < 1.29 is 9.59 Å². The summed E-state index contributed by atoms with van der Waals surface area (Å²) in [7, 11) is 0. The zero-order valence-electron chi connectivity index (χ0n) is 15.5. The van der Waals surface area contributed by atoms with E-state index in [2.05, 4.69) is 27.4 Å². The average molecular weight is 395 g/mol. The summed E-state index contributed by atoms with van der Waals surface area (Å²) in [5.41, 5.74) is 8.53. The van der Waals surface area contributed by atoms with Gasteiger partial charge in [0.2, 0.25) is 0 Å². The summed E-state index contributed by atoms with van der Waals surface area (Å²) in [4.78, 5) is 32.2. The molecule has 0 aliphatic carbocycles. The van der Waals surface area contributed by atoms with Crippen molar-refractivity contribution in [1.29, 1.82) is 0 Å². The number of benzene rings is 1. The van der Waals surface area contributed by atoms with E-state index in [1.807, 2.05) is 24.3 Å². The van der Waals surface area contributed by atoms with Crippen molar-refractivity contribution in [2.75, 3.05) is 23.7 Å². The molecule has 0 saturated carbocycles. The van der Waals surface area contributed by atoms with Crippen LogP contribution < -0.4 is 16.4 Å². The monoisotopic (exact) mass is 395 g/mol. The van der Waals surface area contributed by atoms with E-state index in [9.17, 15) is 9.59 Å². The van der Waals surface area contributed by atoms with Gasteiger partial charge < -0.3 is 11.1 Å². The Bertz CT molecular complexity index is 1060. The Morgan fingerprint density at radius 1 is 1.29 bits per heavy atom. The molecule has 3 amide bonds. The number of pyridine rings is 1. The van der Waals surface area contributed by atoms with E-state index in [1.54, 1.807) is 12.3 Å². The SMILES string of the molecule is CCN1CCc2c(sc(NC(=O)Nc3ccc4ncccc4c3)c2C(N)=O)C1. The van der Waals surface area contributed by atoms with Crippen molar-refractivity contribution in [3.8, 4) is 0 Å². The molecule has 0 saturated heterocycles. The number of rotatable bonds is 4. The Morgan fingerprint density at radius 2 is 2.14 bits per heavy atom. The molecule has 0 radical (unpaired) electrons. The molecular weight excluding hydrogens is 374 g/mol. The molecule has 144 valence electrons. The van der Waals surface area contributed by atoms with Gasteiger partial charge in [-0.3, -0.25) is 20.0 Å². The molecule has 3 aromatic rings. The number of nitrogens with zero attached hydrogens (tertiary/aromatic N) is 2. The lowest BCUT2D eigenvalue weighted by atomic mass is 10.0. The summed E-state index contributed by atoms with van der Waals surface area (Å²) in [6.45, 7) is 4.72. The topological polar surface area (TPSA) is 100 Å². The van der Waals surface area contributed by atoms with E-state index < -0.39 is 11.9 Å². The number of fused-ring (bicyclic) bond motifs is 2. The largest absolute Gasteiger partial charge is 0.365 e. The number of carbonyl (C=O) groups excluding carboxylic acids is 2. The molecule has 28 heavy (non-hydrogen) atoms. The summed E-state index contributed by atoms with van der Waals surface area (Å²) in [6, 6.07) is 8.88. The molecule has 1 aliphatic rings. The number of nitrogens with one attached hydrogen (secondary N) is 2. The zero-order valence-corrected chi connectivity index (χ0v) is 16.3. The highest BCUT2D eigenvalue weighted by atomic mass is 32.1. The predicted molar refractivity (Wildman–Crippen MR) is 112 cm³/mol. The molecule has 1 aliphatic heterocycles. The van der Waals surface area contributed by atoms with Crippen LogP contribution in [0.15, 0.2) is 36.5 Å². The molecule has 0 fully saturated rings. The maximum Gasteiger partial charge on any atom is 0.324 e. The average Bonchev–Trinajstić information content (AvgIpc) is 3.04. The number of urea groups is 1. The van der Waals surface area contributed by atoms with Gasteiger partial charge in [0.05, 0.1) is 11.1 Å². The van der Waals surface area contributed by atoms with Gasteiger partial charge in [-0.05, 0) is 42.8 Å². The van der Waals surface area contributed by atoms with Gasteiger partial charge in [-0.1, -0.05) is 13.0 Å². The molecule has 8 heteroatoms. The number of thiophene rings is 1. The Kier molecular flexibility index (Phi) is 4.97. The Morgan fingerprint density at radius 3 is 2.93 bits per heavy atom. The number of amides is 3. The van der Waals surface area contributed by atoms with Crippen LogP contribution in [0.4, 0.5) is 15.5 Å². The smallest absolute Gasteiger partial charge is 0.324 e.